The van der Waals surface area contributed by atoms with Crippen LogP contribution in [-0.2, 0) is 0 Å². The second-order valence-corrected chi connectivity index (χ2v) is 9.19. The SMILES string of the molecule is CC(=NCCC1=CC2CCC2c2ccc(Cl)cc21)c1ccc(-c2ccc(C#N)cc2)cc1. The topological polar surface area (TPSA) is 36.1 Å². The van der Waals surface area contributed by atoms with Crippen molar-refractivity contribution in [3.63, 3.8) is 0 Å². The summed E-state index contributed by atoms with van der Waals surface area (Å²) in [7, 11) is 0. The van der Waals surface area contributed by atoms with Gasteiger partial charge in [0.2, 0.25) is 0 Å². The van der Waals surface area contributed by atoms with Gasteiger partial charge in [-0.05, 0) is 95.7 Å². The molecule has 0 bridgehead atoms. The van der Waals surface area contributed by atoms with E-state index in [-0.39, 0.29) is 0 Å². The summed E-state index contributed by atoms with van der Waals surface area (Å²) in [6.07, 6.45) is 6.00. The minimum Gasteiger partial charge on any atom is -0.289 e. The van der Waals surface area contributed by atoms with Gasteiger partial charge in [-0.15, -0.1) is 0 Å². The lowest BCUT2D eigenvalue weighted by atomic mass is 9.64. The third-order valence-corrected chi connectivity index (χ3v) is 7.12. The molecule has 3 aromatic carbocycles. The van der Waals surface area contributed by atoms with Gasteiger partial charge in [0.15, 0.2) is 0 Å². The van der Waals surface area contributed by atoms with Crippen LogP contribution in [0.25, 0.3) is 16.7 Å². The summed E-state index contributed by atoms with van der Waals surface area (Å²) in [6.45, 7) is 2.86. The van der Waals surface area contributed by atoms with Gasteiger partial charge >= 0.3 is 0 Å². The summed E-state index contributed by atoms with van der Waals surface area (Å²) in [5.41, 5.74) is 9.33. The maximum absolute atomic E-state index is 8.97. The van der Waals surface area contributed by atoms with Crippen molar-refractivity contribution < 1.29 is 0 Å². The molecule has 158 valence electrons. The van der Waals surface area contributed by atoms with Crippen LogP contribution in [0.1, 0.15) is 54.4 Å². The van der Waals surface area contributed by atoms with Crippen LogP contribution < -0.4 is 0 Å². The van der Waals surface area contributed by atoms with Crippen LogP contribution in [-0.4, -0.2) is 12.3 Å². The van der Waals surface area contributed by atoms with Crippen molar-refractivity contribution in [1.82, 2.24) is 0 Å². The Morgan fingerprint density at radius 3 is 2.38 bits per heavy atom. The zero-order valence-electron chi connectivity index (χ0n) is 18.2. The molecule has 0 aromatic heterocycles. The molecular weight excluding hydrogens is 412 g/mol. The Kier molecular flexibility index (Phi) is 5.68. The van der Waals surface area contributed by atoms with E-state index in [0.717, 1.165) is 40.4 Å². The highest BCUT2D eigenvalue weighted by molar-refractivity contribution is 6.30. The summed E-state index contributed by atoms with van der Waals surface area (Å²) in [5.74, 6) is 1.38. The second-order valence-electron chi connectivity index (χ2n) is 8.75. The van der Waals surface area contributed by atoms with E-state index in [1.54, 1.807) is 0 Å². The molecule has 0 radical (unpaired) electrons. The third-order valence-electron chi connectivity index (χ3n) is 6.88. The molecule has 2 aliphatic carbocycles. The Bertz CT molecular complexity index is 1240. The molecule has 0 amide bonds. The van der Waals surface area contributed by atoms with Gasteiger partial charge in [0, 0.05) is 17.3 Å². The summed E-state index contributed by atoms with van der Waals surface area (Å²) in [4.78, 5) is 4.88. The van der Waals surface area contributed by atoms with E-state index in [2.05, 4.69) is 55.5 Å². The van der Waals surface area contributed by atoms with Crippen LogP contribution >= 0.6 is 11.6 Å². The zero-order chi connectivity index (χ0) is 22.1. The largest absolute Gasteiger partial charge is 0.289 e. The molecule has 2 nitrogen and oxygen atoms in total. The summed E-state index contributed by atoms with van der Waals surface area (Å²) in [5, 5.41) is 9.78. The smallest absolute Gasteiger partial charge is 0.0991 e. The van der Waals surface area contributed by atoms with Crippen molar-refractivity contribution in [3.8, 4) is 17.2 Å². The Balaban J connectivity index is 1.28. The Hall–Kier alpha value is -3.15. The predicted molar refractivity (Wildman–Crippen MR) is 133 cm³/mol. The first kappa shape index (κ1) is 20.7. The van der Waals surface area contributed by atoms with Crippen LogP contribution in [0.15, 0.2) is 77.8 Å². The van der Waals surface area contributed by atoms with Crippen molar-refractivity contribution in [2.75, 3.05) is 6.54 Å². The fraction of sp³-hybridized carbons (Fsp3) is 0.241. The van der Waals surface area contributed by atoms with Crippen LogP contribution in [0.5, 0.6) is 0 Å². The van der Waals surface area contributed by atoms with Gasteiger partial charge < -0.3 is 0 Å². The van der Waals surface area contributed by atoms with Crippen molar-refractivity contribution in [3.05, 3.63) is 100 Å². The zero-order valence-corrected chi connectivity index (χ0v) is 18.9. The average molecular weight is 437 g/mol. The van der Waals surface area contributed by atoms with Gasteiger partial charge in [-0.1, -0.05) is 60.1 Å². The molecule has 1 fully saturated rings. The van der Waals surface area contributed by atoms with E-state index in [0.29, 0.717) is 17.4 Å². The van der Waals surface area contributed by atoms with Gasteiger partial charge in [-0.2, -0.15) is 5.26 Å². The molecule has 0 aliphatic heterocycles. The van der Waals surface area contributed by atoms with Crippen molar-refractivity contribution >= 4 is 22.9 Å². The third kappa shape index (κ3) is 4.01. The van der Waals surface area contributed by atoms with Crippen molar-refractivity contribution in [1.29, 1.82) is 5.26 Å². The molecule has 0 heterocycles. The monoisotopic (exact) mass is 436 g/mol. The van der Waals surface area contributed by atoms with E-state index in [9.17, 15) is 0 Å². The van der Waals surface area contributed by atoms with E-state index < -0.39 is 0 Å². The molecule has 0 spiro atoms. The number of aliphatic imine (C=N–C) groups is 1. The fourth-order valence-electron chi connectivity index (χ4n) is 4.88. The number of benzene rings is 3. The van der Waals surface area contributed by atoms with E-state index in [1.807, 2.05) is 30.3 Å². The number of hydrogen-bond acceptors (Lipinski definition) is 2. The lowest BCUT2D eigenvalue weighted by Crippen LogP contribution is -2.26. The number of fused-ring (bicyclic) bond motifs is 3. The number of hydrogen-bond donors (Lipinski definition) is 0. The predicted octanol–water partition coefficient (Wildman–Crippen LogP) is 7.67. The Morgan fingerprint density at radius 2 is 1.72 bits per heavy atom. The molecule has 2 atom stereocenters. The maximum atomic E-state index is 8.97. The van der Waals surface area contributed by atoms with Gasteiger partial charge in [0.05, 0.1) is 11.6 Å². The Morgan fingerprint density at radius 1 is 1.00 bits per heavy atom. The standard InChI is InChI=1S/C29H25ClN2/c1-19(21-6-8-23(9-7-21)22-4-2-20(18-31)3-5-22)32-15-14-25-16-24-10-12-27(24)28-13-11-26(30)17-29(25)28/h2-9,11,13,16-17,24,27H,10,12,14-15H2,1H3. The van der Waals surface area contributed by atoms with Gasteiger partial charge in [-0.25, -0.2) is 0 Å². The molecule has 0 N–H and O–H groups in total. The van der Waals surface area contributed by atoms with E-state index >= 15 is 0 Å². The first-order chi connectivity index (χ1) is 15.6. The average Bonchev–Trinajstić information content (AvgIpc) is 2.81. The second kappa shape index (κ2) is 8.77. The number of halogens is 1. The number of nitriles is 1. The van der Waals surface area contributed by atoms with Crippen LogP contribution in [0.4, 0.5) is 0 Å². The summed E-state index contributed by atoms with van der Waals surface area (Å²) < 4.78 is 0. The lowest BCUT2D eigenvalue weighted by molar-refractivity contribution is 0.312. The lowest BCUT2D eigenvalue weighted by Gasteiger charge is -2.40. The molecular formula is C29H25ClN2. The van der Waals surface area contributed by atoms with Crippen LogP contribution in [0.3, 0.4) is 0 Å². The first-order valence-electron chi connectivity index (χ1n) is 11.2. The highest BCUT2D eigenvalue weighted by atomic mass is 35.5. The molecule has 3 aromatic rings. The molecule has 1 saturated carbocycles. The first-order valence-corrected chi connectivity index (χ1v) is 11.6. The van der Waals surface area contributed by atoms with Crippen LogP contribution in [0, 0.1) is 17.2 Å². The van der Waals surface area contributed by atoms with Crippen molar-refractivity contribution in [2.24, 2.45) is 10.9 Å². The minimum atomic E-state index is 0.680. The number of nitrogens with zero attached hydrogens (tertiary/aromatic N) is 2. The van der Waals surface area contributed by atoms with Crippen molar-refractivity contribution in [2.45, 2.75) is 32.1 Å². The highest BCUT2D eigenvalue weighted by Gasteiger charge is 2.35. The molecule has 2 aliphatic rings. The molecule has 2 unspecified atom stereocenters. The normalized spacial score (nSPS) is 19.3. The highest BCUT2D eigenvalue weighted by Crippen LogP contribution is 2.50. The Labute approximate surface area is 194 Å². The summed E-state index contributed by atoms with van der Waals surface area (Å²) >= 11 is 6.31. The summed E-state index contributed by atoms with van der Waals surface area (Å²) in [6, 6.07) is 24.7. The molecule has 0 saturated heterocycles. The van der Waals surface area contributed by atoms with Crippen LogP contribution in [0.2, 0.25) is 5.02 Å². The maximum Gasteiger partial charge on any atom is 0.0991 e. The minimum absolute atomic E-state index is 0.680. The van der Waals surface area contributed by atoms with Gasteiger partial charge in [0.25, 0.3) is 0 Å². The molecule has 5 rings (SSSR count). The van der Waals surface area contributed by atoms with E-state index in [4.69, 9.17) is 21.9 Å². The quantitative estimate of drug-likeness (QED) is 0.378. The molecule has 32 heavy (non-hydrogen) atoms. The van der Waals surface area contributed by atoms with Gasteiger partial charge in [0.1, 0.15) is 0 Å². The molecule has 3 heteroatoms. The van der Waals surface area contributed by atoms with Gasteiger partial charge in [-0.3, -0.25) is 4.99 Å². The van der Waals surface area contributed by atoms with E-state index in [1.165, 1.54) is 29.5 Å². The number of allylic oxidation sites excluding steroid dienone is 1. The fourth-order valence-corrected chi connectivity index (χ4v) is 5.06. The number of rotatable bonds is 5.